The van der Waals surface area contributed by atoms with Crippen LogP contribution in [-0.4, -0.2) is 35.1 Å². The summed E-state index contributed by atoms with van der Waals surface area (Å²) in [6.07, 6.45) is 1.37. The van der Waals surface area contributed by atoms with Gasteiger partial charge in [-0.25, -0.2) is 4.79 Å². The fourth-order valence-electron chi connectivity index (χ4n) is 1.99. The lowest BCUT2D eigenvalue weighted by Gasteiger charge is -2.20. The second-order valence-corrected chi connectivity index (χ2v) is 5.52. The molecule has 0 aliphatic rings. The number of hydrogen-bond donors (Lipinski definition) is 1. The molecule has 1 aromatic carbocycles. The highest BCUT2D eigenvalue weighted by Gasteiger charge is 2.12. The number of pyridine rings is 1. The van der Waals surface area contributed by atoms with Crippen molar-refractivity contribution in [2.24, 2.45) is 0 Å². The molecule has 4 nitrogen and oxygen atoms in total. The van der Waals surface area contributed by atoms with Crippen molar-refractivity contribution in [1.82, 2.24) is 9.88 Å². The molecule has 0 radical (unpaired) electrons. The van der Waals surface area contributed by atoms with Crippen LogP contribution in [0.15, 0.2) is 36.5 Å². The van der Waals surface area contributed by atoms with Crippen LogP contribution in [0, 0.1) is 0 Å². The van der Waals surface area contributed by atoms with Gasteiger partial charge in [-0.05, 0) is 32.6 Å². The normalized spacial score (nSPS) is 12.4. The highest BCUT2D eigenvalue weighted by atomic mass is 35.5. The average Bonchev–Trinajstić information content (AvgIpc) is 2.46. The molecule has 1 unspecified atom stereocenters. The molecule has 0 saturated carbocycles. The van der Waals surface area contributed by atoms with E-state index in [-0.39, 0.29) is 10.6 Å². The van der Waals surface area contributed by atoms with Crippen molar-refractivity contribution in [2.45, 2.75) is 13.0 Å². The Morgan fingerprint density at radius 2 is 1.90 bits per heavy atom. The van der Waals surface area contributed by atoms with E-state index in [9.17, 15) is 4.79 Å². The second-order valence-electron chi connectivity index (χ2n) is 5.12. The van der Waals surface area contributed by atoms with Gasteiger partial charge in [-0.15, -0.1) is 0 Å². The first kappa shape index (κ1) is 15.5. The van der Waals surface area contributed by atoms with Crippen molar-refractivity contribution >= 4 is 17.6 Å². The van der Waals surface area contributed by atoms with Crippen molar-refractivity contribution in [3.63, 3.8) is 0 Å². The molecule has 0 aliphatic heterocycles. The SMILES string of the molecule is CC(c1ccc(-c2cc(C(=O)O)c(Cl)cn2)cc1)N(C)C. The fraction of sp³-hybridized carbons (Fsp3) is 0.250. The van der Waals surface area contributed by atoms with E-state index >= 15 is 0 Å². The summed E-state index contributed by atoms with van der Waals surface area (Å²) >= 11 is 5.83. The van der Waals surface area contributed by atoms with Crippen molar-refractivity contribution in [1.29, 1.82) is 0 Å². The van der Waals surface area contributed by atoms with Crippen LogP contribution < -0.4 is 0 Å². The van der Waals surface area contributed by atoms with E-state index in [4.69, 9.17) is 16.7 Å². The van der Waals surface area contributed by atoms with Gasteiger partial charge >= 0.3 is 5.97 Å². The van der Waals surface area contributed by atoms with E-state index in [0.717, 1.165) is 5.56 Å². The summed E-state index contributed by atoms with van der Waals surface area (Å²) in [7, 11) is 4.05. The summed E-state index contributed by atoms with van der Waals surface area (Å²) in [5.41, 5.74) is 2.72. The quantitative estimate of drug-likeness (QED) is 0.935. The first-order chi connectivity index (χ1) is 9.90. The Labute approximate surface area is 129 Å². The van der Waals surface area contributed by atoms with E-state index in [1.165, 1.54) is 17.8 Å². The zero-order valence-corrected chi connectivity index (χ0v) is 12.9. The molecule has 1 aromatic heterocycles. The zero-order valence-electron chi connectivity index (χ0n) is 12.2. The average molecular weight is 305 g/mol. The standard InChI is InChI=1S/C16H17ClN2O2/c1-10(19(2)3)11-4-6-12(7-5-11)15-8-13(16(20)21)14(17)9-18-15/h4-10H,1-3H3,(H,20,21). The number of aromatic carboxylic acids is 1. The molecule has 1 atom stereocenters. The molecule has 1 N–H and O–H groups in total. The number of aromatic nitrogens is 1. The first-order valence-corrected chi connectivity index (χ1v) is 6.93. The van der Waals surface area contributed by atoms with Gasteiger partial charge in [0.1, 0.15) is 0 Å². The van der Waals surface area contributed by atoms with Gasteiger partial charge in [-0.2, -0.15) is 0 Å². The molecule has 0 aliphatic carbocycles. The molecule has 1 heterocycles. The molecule has 5 heteroatoms. The first-order valence-electron chi connectivity index (χ1n) is 6.55. The minimum Gasteiger partial charge on any atom is -0.478 e. The van der Waals surface area contributed by atoms with Crippen LogP contribution in [0.25, 0.3) is 11.3 Å². The number of rotatable bonds is 4. The van der Waals surface area contributed by atoms with Crippen LogP contribution >= 0.6 is 11.6 Å². The van der Waals surface area contributed by atoms with Gasteiger partial charge in [0.25, 0.3) is 0 Å². The topological polar surface area (TPSA) is 53.4 Å². The van der Waals surface area contributed by atoms with Gasteiger partial charge in [0.05, 0.1) is 16.3 Å². The predicted octanol–water partition coefficient (Wildman–Crippen LogP) is 3.72. The maximum Gasteiger partial charge on any atom is 0.337 e. The minimum absolute atomic E-state index is 0.0624. The van der Waals surface area contributed by atoms with Gasteiger partial charge in [0.15, 0.2) is 0 Å². The van der Waals surface area contributed by atoms with Gasteiger partial charge < -0.3 is 10.0 Å². The smallest absolute Gasteiger partial charge is 0.337 e. The molecule has 0 spiro atoms. The maximum atomic E-state index is 11.1. The third kappa shape index (κ3) is 3.40. The van der Waals surface area contributed by atoms with Gasteiger partial charge in [0, 0.05) is 17.8 Å². The zero-order chi connectivity index (χ0) is 15.6. The van der Waals surface area contributed by atoms with Gasteiger partial charge in [-0.1, -0.05) is 35.9 Å². The molecule has 0 fully saturated rings. The molecular formula is C16H17ClN2O2. The number of carboxylic acids is 1. The number of carbonyl (C=O) groups is 1. The van der Waals surface area contributed by atoms with Crippen molar-refractivity contribution in [2.75, 3.05) is 14.1 Å². The van der Waals surface area contributed by atoms with Crippen molar-refractivity contribution < 1.29 is 9.90 Å². The Kier molecular flexibility index (Phi) is 4.60. The van der Waals surface area contributed by atoms with E-state index in [0.29, 0.717) is 11.7 Å². The van der Waals surface area contributed by atoms with Crippen molar-refractivity contribution in [3.8, 4) is 11.3 Å². The van der Waals surface area contributed by atoms with Crippen molar-refractivity contribution in [3.05, 3.63) is 52.7 Å². The number of halogens is 1. The highest BCUT2D eigenvalue weighted by molar-refractivity contribution is 6.33. The predicted molar refractivity (Wildman–Crippen MR) is 83.7 cm³/mol. The summed E-state index contributed by atoms with van der Waals surface area (Å²) in [6.45, 7) is 2.12. The lowest BCUT2D eigenvalue weighted by Crippen LogP contribution is -2.16. The van der Waals surface area contributed by atoms with Gasteiger partial charge in [-0.3, -0.25) is 4.98 Å². The van der Waals surface area contributed by atoms with E-state index in [1.807, 2.05) is 38.4 Å². The van der Waals surface area contributed by atoms with Crippen LogP contribution in [0.5, 0.6) is 0 Å². The summed E-state index contributed by atoms with van der Waals surface area (Å²) in [4.78, 5) is 17.4. The van der Waals surface area contributed by atoms with Crippen LogP contribution in [0.3, 0.4) is 0 Å². The number of benzene rings is 1. The molecule has 2 rings (SSSR count). The Balaban J connectivity index is 2.35. The highest BCUT2D eigenvalue weighted by Crippen LogP contribution is 2.25. The monoisotopic (exact) mass is 304 g/mol. The van der Waals surface area contributed by atoms with Gasteiger partial charge in [0.2, 0.25) is 0 Å². The van der Waals surface area contributed by atoms with Crippen LogP contribution in [0.4, 0.5) is 0 Å². The minimum atomic E-state index is -1.05. The Morgan fingerprint density at radius 3 is 2.43 bits per heavy atom. The third-order valence-corrected chi connectivity index (χ3v) is 3.85. The largest absolute Gasteiger partial charge is 0.478 e. The molecule has 2 aromatic rings. The number of hydrogen-bond acceptors (Lipinski definition) is 3. The molecule has 0 amide bonds. The third-order valence-electron chi connectivity index (χ3n) is 3.55. The Bertz CT molecular complexity index is 654. The van der Waals surface area contributed by atoms with E-state index in [2.05, 4.69) is 16.8 Å². The Hall–Kier alpha value is -1.91. The number of nitrogens with zero attached hydrogens (tertiary/aromatic N) is 2. The summed E-state index contributed by atoms with van der Waals surface area (Å²) in [6, 6.07) is 9.74. The summed E-state index contributed by atoms with van der Waals surface area (Å²) in [5.74, 6) is -1.05. The fourth-order valence-corrected chi connectivity index (χ4v) is 2.18. The molecule has 0 bridgehead atoms. The van der Waals surface area contributed by atoms with Crippen LogP contribution in [-0.2, 0) is 0 Å². The van der Waals surface area contributed by atoms with E-state index < -0.39 is 5.97 Å². The van der Waals surface area contributed by atoms with E-state index in [1.54, 1.807) is 0 Å². The Morgan fingerprint density at radius 1 is 1.29 bits per heavy atom. The molecule has 21 heavy (non-hydrogen) atoms. The summed E-state index contributed by atoms with van der Waals surface area (Å²) < 4.78 is 0. The lowest BCUT2D eigenvalue weighted by molar-refractivity contribution is 0.0697. The van der Waals surface area contributed by atoms with Crippen LogP contribution in [0.1, 0.15) is 28.9 Å². The second kappa shape index (κ2) is 6.24. The molecule has 0 saturated heterocycles. The lowest BCUT2D eigenvalue weighted by atomic mass is 10.0. The summed E-state index contributed by atoms with van der Waals surface area (Å²) in [5, 5.41) is 9.24. The van der Waals surface area contributed by atoms with Crippen LogP contribution in [0.2, 0.25) is 5.02 Å². The number of carboxylic acid groups (broad SMARTS) is 1. The molecule has 110 valence electrons. The maximum absolute atomic E-state index is 11.1. The molecular weight excluding hydrogens is 288 g/mol.